The third-order valence-corrected chi connectivity index (χ3v) is 8.82. The SMILES string of the molecule is C/C=C1/CCC2C3CCC4CC(COCC)CC[C@@H]4C3CCC12C.CC.CC.CC.CO. The van der Waals surface area contributed by atoms with Crippen LogP contribution in [0.4, 0.5) is 0 Å². The lowest BCUT2D eigenvalue weighted by Crippen LogP contribution is -2.47. The molecule has 0 amide bonds. The van der Waals surface area contributed by atoms with Crippen LogP contribution in [0.3, 0.4) is 0 Å². The molecule has 4 saturated carbocycles. The van der Waals surface area contributed by atoms with E-state index in [9.17, 15) is 0 Å². The minimum Gasteiger partial charge on any atom is -0.400 e. The summed E-state index contributed by atoms with van der Waals surface area (Å²) < 4.78 is 5.75. The van der Waals surface area contributed by atoms with Gasteiger partial charge in [-0.25, -0.2) is 0 Å². The van der Waals surface area contributed by atoms with Crippen molar-refractivity contribution in [1.29, 1.82) is 0 Å². The molecule has 0 aromatic carbocycles. The summed E-state index contributed by atoms with van der Waals surface area (Å²) in [6, 6.07) is 0. The van der Waals surface area contributed by atoms with Crippen molar-refractivity contribution in [2.24, 2.45) is 40.9 Å². The molecule has 1 N–H and O–H groups in total. The highest BCUT2D eigenvalue weighted by Crippen LogP contribution is 2.64. The van der Waals surface area contributed by atoms with Gasteiger partial charge in [-0.15, -0.1) is 0 Å². The Labute approximate surface area is 203 Å². The lowest BCUT2D eigenvalue weighted by Gasteiger charge is -2.55. The molecule has 32 heavy (non-hydrogen) atoms. The highest BCUT2D eigenvalue weighted by atomic mass is 16.5. The smallest absolute Gasteiger partial charge is 0.0494 e. The van der Waals surface area contributed by atoms with Gasteiger partial charge in [-0.3, -0.25) is 0 Å². The average Bonchev–Trinajstić information content (AvgIpc) is 3.23. The van der Waals surface area contributed by atoms with E-state index in [2.05, 4.69) is 26.8 Å². The molecule has 2 nitrogen and oxygen atoms in total. The number of hydrogen-bond acceptors (Lipinski definition) is 2. The van der Waals surface area contributed by atoms with Crippen molar-refractivity contribution in [1.82, 2.24) is 0 Å². The lowest BCUT2D eigenvalue weighted by molar-refractivity contribution is -0.0553. The molecular weight excluding hydrogens is 392 g/mol. The van der Waals surface area contributed by atoms with E-state index >= 15 is 0 Å². The third-order valence-electron chi connectivity index (χ3n) is 8.82. The van der Waals surface area contributed by atoms with Crippen LogP contribution in [0, 0.1) is 40.9 Å². The first kappa shape index (κ1) is 31.7. The van der Waals surface area contributed by atoms with E-state index in [4.69, 9.17) is 9.84 Å². The maximum atomic E-state index is 7.00. The van der Waals surface area contributed by atoms with Crippen molar-refractivity contribution in [2.75, 3.05) is 20.3 Å². The van der Waals surface area contributed by atoms with E-state index in [-0.39, 0.29) is 0 Å². The molecule has 4 rings (SSSR count). The monoisotopic (exact) mass is 452 g/mol. The summed E-state index contributed by atoms with van der Waals surface area (Å²) in [6.45, 7) is 20.9. The van der Waals surface area contributed by atoms with Crippen molar-refractivity contribution < 1.29 is 9.84 Å². The summed E-state index contributed by atoms with van der Waals surface area (Å²) in [6.07, 6.45) is 15.8. The fraction of sp³-hybridized carbons (Fsp3) is 0.933. The fourth-order valence-electron chi connectivity index (χ4n) is 7.71. The van der Waals surface area contributed by atoms with Gasteiger partial charge in [0.25, 0.3) is 0 Å². The van der Waals surface area contributed by atoms with E-state index in [1.807, 2.05) is 41.5 Å². The molecule has 0 radical (unpaired) electrons. The van der Waals surface area contributed by atoms with Crippen molar-refractivity contribution in [3.05, 3.63) is 11.6 Å². The van der Waals surface area contributed by atoms with Crippen molar-refractivity contribution in [2.45, 2.75) is 120 Å². The largest absolute Gasteiger partial charge is 0.400 e. The van der Waals surface area contributed by atoms with E-state index < -0.39 is 0 Å². The van der Waals surface area contributed by atoms with Crippen LogP contribution in [0.15, 0.2) is 11.6 Å². The van der Waals surface area contributed by atoms with Crippen LogP contribution in [-0.2, 0) is 4.74 Å². The van der Waals surface area contributed by atoms with E-state index in [0.717, 1.165) is 55.8 Å². The maximum Gasteiger partial charge on any atom is 0.0494 e. The third kappa shape index (κ3) is 7.08. The maximum absolute atomic E-state index is 7.00. The van der Waals surface area contributed by atoms with Crippen LogP contribution < -0.4 is 0 Å². The summed E-state index contributed by atoms with van der Waals surface area (Å²) in [5, 5.41) is 7.00. The highest BCUT2D eigenvalue weighted by Gasteiger charge is 2.54. The van der Waals surface area contributed by atoms with Crippen LogP contribution in [0.1, 0.15) is 120 Å². The first-order valence-electron chi connectivity index (χ1n) is 14.4. The van der Waals surface area contributed by atoms with Crippen LogP contribution in [0.5, 0.6) is 0 Å². The Bertz CT molecular complexity index is 485. The molecule has 0 aliphatic heterocycles. The summed E-state index contributed by atoms with van der Waals surface area (Å²) in [5.74, 6) is 6.05. The second kappa shape index (κ2) is 17.1. The predicted molar refractivity (Wildman–Crippen MR) is 143 cm³/mol. The van der Waals surface area contributed by atoms with Gasteiger partial charge < -0.3 is 9.84 Å². The van der Waals surface area contributed by atoms with Gasteiger partial charge in [0.2, 0.25) is 0 Å². The van der Waals surface area contributed by atoms with Gasteiger partial charge in [0.15, 0.2) is 0 Å². The Morgan fingerprint density at radius 3 is 2.09 bits per heavy atom. The molecule has 7 atom stereocenters. The van der Waals surface area contributed by atoms with Gasteiger partial charge in [-0.2, -0.15) is 0 Å². The summed E-state index contributed by atoms with van der Waals surface area (Å²) >= 11 is 0. The van der Waals surface area contributed by atoms with Gasteiger partial charge in [-0.1, -0.05) is 60.1 Å². The number of ether oxygens (including phenoxy) is 1. The van der Waals surface area contributed by atoms with Crippen LogP contribution in [-0.4, -0.2) is 25.4 Å². The zero-order valence-electron chi connectivity index (χ0n) is 23.7. The number of hydrogen-bond donors (Lipinski definition) is 1. The van der Waals surface area contributed by atoms with Gasteiger partial charge in [-0.05, 0) is 113 Å². The zero-order valence-corrected chi connectivity index (χ0v) is 23.7. The molecule has 0 aromatic heterocycles. The van der Waals surface area contributed by atoms with Crippen LogP contribution in [0.2, 0.25) is 0 Å². The van der Waals surface area contributed by atoms with Crippen molar-refractivity contribution in [3.8, 4) is 0 Å². The standard InChI is InChI=1S/C23H38O.3C2H6.CH4O/c1-4-18-8-11-22-21-10-7-17-14-16(15-24-5-2)6-9-19(17)20(21)12-13-23(18,22)3;4*1-2/h4,16-17,19-22H,5-15H2,1-3H3;3*1-2H3;2H,1H3/b18-4-;;;;/t16?,17?,19-,20?,21?,22?,23?;;;;/m0..../s1. The average molecular weight is 453 g/mol. The van der Waals surface area contributed by atoms with Crippen LogP contribution in [0.25, 0.3) is 0 Å². The van der Waals surface area contributed by atoms with Crippen molar-refractivity contribution >= 4 is 0 Å². The molecule has 0 spiro atoms. The highest BCUT2D eigenvalue weighted by molar-refractivity contribution is 5.23. The number of aliphatic hydroxyl groups is 1. The number of rotatable bonds is 3. The normalized spacial score (nSPS) is 37.9. The molecule has 4 fully saturated rings. The summed E-state index contributed by atoms with van der Waals surface area (Å²) in [5.41, 5.74) is 2.36. The number of allylic oxidation sites excluding steroid dienone is 2. The quantitative estimate of drug-likeness (QED) is 0.433. The first-order valence-corrected chi connectivity index (χ1v) is 14.4. The molecule has 0 heterocycles. The second-order valence-corrected chi connectivity index (χ2v) is 9.58. The van der Waals surface area contributed by atoms with E-state index in [0.29, 0.717) is 5.41 Å². The molecule has 6 unspecified atom stereocenters. The Kier molecular flexibility index (Phi) is 17.0. The zero-order chi connectivity index (χ0) is 24.7. The topological polar surface area (TPSA) is 29.5 Å². The molecule has 4 aliphatic carbocycles. The van der Waals surface area contributed by atoms with Crippen LogP contribution >= 0.6 is 0 Å². The number of aliphatic hydroxyl groups excluding tert-OH is 1. The molecule has 192 valence electrons. The van der Waals surface area contributed by atoms with Crippen molar-refractivity contribution in [3.63, 3.8) is 0 Å². The van der Waals surface area contributed by atoms with Gasteiger partial charge in [0.1, 0.15) is 0 Å². The van der Waals surface area contributed by atoms with E-state index in [1.165, 1.54) is 57.8 Å². The Balaban J connectivity index is 0.00000109. The molecule has 0 aromatic rings. The minimum absolute atomic E-state index is 0.564. The summed E-state index contributed by atoms with van der Waals surface area (Å²) in [7, 11) is 1.00. The van der Waals surface area contributed by atoms with Gasteiger partial charge >= 0.3 is 0 Å². The molecule has 2 heteroatoms. The molecule has 0 bridgehead atoms. The molecule has 0 saturated heterocycles. The Morgan fingerprint density at radius 2 is 1.50 bits per heavy atom. The van der Waals surface area contributed by atoms with Gasteiger partial charge in [0.05, 0.1) is 0 Å². The number of fused-ring (bicyclic) bond motifs is 5. The minimum atomic E-state index is 0.564. The van der Waals surface area contributed by atoms with E-state index in [1.54, 1.807) is 5.57 Å². The first-order chi connectivity index (χ1) is 15.7. The lowest BCUT2D eigenvalue weighted by atomic mass is 9.50. The Morgan fingerprint density at radius 1 is 0.875 bits per heavy atom. The second-order valence-electron chi connectivity index (χ2n) is 9.58. The molecular formula is C30H60O2. The van der Waals surface area contributed by atoms with Gasteiger partial charge in [0, 0.05) is 20.3 Å². The Hall–Kier alpha value is -0.340. The molecule has 4 aliphatic rings. The predicted octanol–water partition coefficient (Wildman–Crippen LogP) is 8.93. The fourth-order valence-corrected chi connectivity index (χ4v) is 7.71. The summed E-state index contributed by atoms with van der Waals surface area (Å²) in [4.78, 5) is 0.